The maximum Gasteiger partial charge on any atom is 0.191 e. The number of ether oxygens (including phenoxy) is 1. The molecule has 0 radical (unpaired) electrons. The summed E-state index contributed by atoms with van der Waals surface area (Å²) in [5.74, 6) is -0.767. The highest BCUT2D eigenvalue weighted by Crippen LogP contribution is 2.31. The molecule has 1 aliphatic carbocycles. The van der Waals surface area contributed by atoms with E-state index in [-0.39, 0.29) is 12.4 Å². The molecule has 1 aromatic carbocycles. The molecule has 0 bridgehead atoms. The molecule has 23 heavy (non-hydrogen) atoms. The fraction of sp³-hybridized carbons (Fsp3) is 0.562. The molecule has 0 aliphatic heterocycles. The van der Waals surface area contributed by atoms with Crippen LogP contribution in [0.1, 0.15) is 26.2 Å². The highest BCUT2D eigenvalue weighted by Gasteiger charge is 2.34. The van der Waals surface area contributed by atoms with Gasteiger partial charge in [-0.15, -0.1) is 0 Å². The van der Waals surface area contributed by atoms with Crippen molar-refractivity contribution in [2.45, 2.75) is 31.8 Å². The fourth-order valence-corrected chi connectivity index (χ4v) is 2.23. The molecule has 0 heterocycles. The highest BCUT2D eigenvalue weighted by molar-refractivity contribution is 5.79. The van der Waals surface area contributed by atoms with Gasteiger partial charge in [0.25, 0.3) is 0 Å². The Labute approximate surface area is 134 Å². The molecule has 7 heteroatoms. The third-order valence-corrected chi connectivity index (χ3v) is 3.71. The first-order chi connectivity index (χ1) is 11.0. The van der Waals surface area contributed by atoms with Gasteiger partial charge in [0.1, 0.15) is 12.4 Å². The van der Waals surface area contributed by atoms with Gasteiger partial charge in [0.2, 0.25) is 0 Å². The first kappa shape index (κ1) is 17.5. The van der Waals surface area contributed by atoms with Crippen LogP contribution < -0.4 is 15.4 Å². The summed E-state index contributed by atoms with van der Waals surface area (Å²) in [7, 11) is 0. The number of nitrogens with one attached hydrogen (secondary N) is 2. The maximum atomic E-state index is 13.4. The Morgan fingerprint density at radius 2 is 2.13 bits per heavy atom. The molecular weight excluding hydrogens is 304 g/mol. The Kier molecular flexibility index (Phi) is 6.15. The van der Waals surface area contributed by atoms with E-state index >= 15 is 0 Å². The van der Waals surface area contributed by atoms with Crippen molar-refractivity contribution in [2.75, 3.05) is 26.2 Å². The largest absolute Gasteiger partial charge is 0.489 e. The minimum atomic E-state index is -0.724. The number of nitrogens with zero attached hydrogens (tertiary/aromatic N) is 1. The van der Waals surface area contributed by atoms with E-state index in [4.69, 9.17) is 4.74 Å². The molecule has 0 saturated heterocycles. The molecular formula is C16H23F2N3O2. The standard InChI is InChI=1S/C16H23F2N3O2/c1-2-19-15(21-11-16(22)6-3-7-16)20-8-9-23-14-5-4-12(17)10-13(14)18/h4-5,10,22H,2-3,6-9,11H2,1H3,(H2,19,20,21). The van der Waals surface area contributed by atoms with Crippen molar-refractivity contribution in [3.05, 3.63) is 29.8 Å². The molecule has 5 nitrogen and oxygen atoms in total. The molecule has 0 spiro atoms. The quantitative estimate of drug-likeness (QED) is 0.406. The van der Waals surface area contributed by atoms with Gasteiger partial charge < -0.3 is 20.5 Å². The third kappa shape index (κ3) is 5.35. The molecule has 0 aromatic heterocycles. The molecule has 1 saturated carbocycles. The smallest absolute Gasteiger partial charge is 0.191 e. The molecule has 0 amide bonds. The van der Waals surface area contributed by atoms with Crippen molar-refractivity contribution >= 4 is 5.96 Å². The fourth-order valence-electron chi connectivity index (χ4n) is 2.23. The monoisotopic (exact) mass is 327 g/mol. The van der Waals surface area contributed by atoms with Crippen LogP contribution in [0, 0.1) is 11.6 Å². The lowest BCUT2D eigenvalue weighted by Crippen LogP contribution is -2.44. The second kappa shape index (κ2) is 8.10. The van der Waals surface area contributed by atoms with Gasteiger partial charge in [0.15, 0.2) is 17.5 Å². The Morgan fingerprint density at radius 1 is 1.35 bits per heavy atom. The first-order valence-corrected chi connectivity index (χ1v) is 7.85. The van der Waals surface area contributed by atoms with Crippen molar-refractivity contribution < 1.29 is 18.6 Å². The van der Waals surface area contributed by atoms with E-state index in [0.29, 0.717) is 25.6 Å². The second-order valence-corrected chi connectivity index (χ2v) is 5.62. The van der Waals surface area contributed by atoms with Crippen molar-refractivity contribution in [3.8, 4) is 5.75 Å². The van der Waals surface area contributed by atoms with Crippen LogP contribution in [-0.2, 0) is 0 Å². The van der Waals surface area contributed by atoms with E-state index in [2.05, 4.69) is 15.6 Å². The van der Waals surface area contributed by atoms with Crippen LogP contribution in [-0.4, -0.2) is 42.9 Å². The number of aliphatic hydroxyl groups is 1. The van der Waals surface area contributed by atoms with Crippen molar-refractivity contribution in [3.63, 3.8) is 0 Å². The van der Waals surface area contributed by atoms with Gasteiger partial charge in [0.05, 0.1) is 18.7 Å². The lowest BCUT2D eigenvalue weighted by atomic mass is 9.80. The summed E-state index contributed by atoms with van der Waals surface area (Å²) in [6, 6.07) is 3.19. The molecule has 3 N–H and O–H groups in total. The number of aliphatic imine (C=N–C) groups is 1. The molecule has 0 unspecified atom stereocenters. The minimum absolute atomic E-state index is 0.0129. The number of halogens is 2. The Balaban J connectivity index is 1.76. The Hall–Kier alpha value is -1.89. The average molecular weight is 327 g/mol. The highest BCUT2D eigenvalue weighted by atomic mass is 19.1. The van der Waals surface area contributed by atoms with Crippen molar-refractivity contribution in [1.82, 2.24) is 10.6 Å². The van der Waals surface area contributed by atoms with Gasteiger partial charge in [0, 0.05) is 12.6 Å². The lowest BCUT2D eigenvalue weighted by Gasteiger charge is -2.35. The van der Waals surface area contributed by atoms with Crippen LogP contribution in [0.2, 0.25) is 0 Å². The Bertz CT molecular complexity index is 548. The molecule has 1 aliphatic rings. The number of guanidine groups is 1. The van der Waals surface area contributed by atoms with E-state index in [1.54, 1.807) is 0 Å². The lowest BCUT2D eigenvalue weighted by molar-refractivity contribution is -0.0236. The average Bonchev–Trinajstić information content (AvgIpc) is 2.48. The predicted octanol–water partition coefficient (Wildman–Crippen LogP) is 1.81. The van der Waals surface area contributed by atoms with E-state index in [1.165, 1.54) is 6.07 Å². The van der Waals surface area contributed by atoms with E-state index in [9.17, 15) is 13.9 Å². The van der Waals surface area contributed by atoms with Gasteiger partial charge in [-0.25, -0.2) is 8.78 Å². The zero-order valence-corrected chi connectivity index (χ0v) is 13.2. The number of hydrogen-bond acceptors (Lipinski definition) is 3. The van der Waals surface area contributed by atoms with Crippen LogP contribution in [0.4, 0.5) is 8.78 Å². The van der Waals surface area contributed by atoms with Gasteiger partial charge in [-0.1, -0.05) is 0 Å². The van der Waals surface area contributed by atoms with Crippen LogP contribution in [0.3, 0.4) is 0 Å². The summed E-state index contributed by atoms with van der Waals surface area (Å²) in [6.45, 7) is 3.60. The van der Waals surface area contributed by atoms with Gasteiger partial charge in [-0.05, 0) is 38.3 Å². The molecule has 0 atom stereocenters. The third-order valence-electron chi connectivity index (χ3n) is 3.71. The summed E-state index contributed by atoms with van der Waals surface area (Å²) in [4.78, 5) is 4.35. The molecule has 2 rings (SSSR count). The zero-order chi connectivity index (χ0) is 16.7. The molecule has 128 valence electrons. The number of benzene rings is 1. The number of rotatable bonds is 7. The van der Waals surface area contributed by atoms with Crippen LogP contribution in [0.25, 0.3) is 0 Å². The summed E-state index contributed by atoms with van der Waals surface area (Å²) in [6.07, 6.45) is 2.60. The predicted molar refractivity (Wildman–Crippen MR) is 84.6 cm³/mol. The summed E-state index contributed by atoms with van der Waals surface area (Å²) in [5.41, 5.74) is -0.671. The topological polar surface area (TPSA) is 65.9 Å². The van der Waals surface area contributed by atoms with Crippen LogP contribution in [0.5, 0.6) is 5.75 Å². The van der Waals surface area contributed by atoms with Gasteiger partial charge in [-0.2, -0.15) is 0 Å². The number of hydrogen-bond donors (Lipinski definition) is 3. The first-order valence-electron chi connectivity index (χ1n) is 7.85. The summed E-state index contributed by atoms with van der Waals surface area (Å²) in [5, 5.41) is 16.2. The Morgan fingerprint density at radius 3 is 2.74 bits per heavy atom. The molecule has 1 fully saturated rings. The van der Waals surface area contributed by atoms with Crippen LogP contribution >= 0.6 is 0 Å². The minimum Gasteiger partial charge on any atom is -0.489 e. The van der Waals surface area contributed by atoms with Gasteiger partial charge in [-0.3, -0.25) is 4.99 Å². The summed E-state index contributed by atoms with van der Waals surface area (Å²) < 4.78 is 31.5. The molecule has 1 aromatic rings. The van der Waals surface area contributed by atoms with Crippen molar-refractivity contribution in [1.29, 1.82) is 0 Å². The van der Waals surface area contributed by atoms with E-state index in [0.717, 1.165) is 31.4 Å². The second-order valence-electron chi connectivity index (χ2n) is 5.62. The normalized spacial score (nSPS) is 16.6. The maximum absolute atomic E-state index is 13.4. The SMILES string of the molecule is CCNC(=NCC1(O)CCC1)NCCOc1ccc(F)cc1F. The van der Waals surface area contributed by atoms with Gasteiger partial charge >= 0.3 is 0 Å². The zero-order valence-electron chi connectivity index (χ0n) is 13.2. The van der Waals surface area contributed by atoms with Crippen LogP contribution in [0.15, 0.2) is 23.2 Å². The van der Waals surface area contributed by atoms with E-state index in [1.807, 2.05) is 6.92 Å². The van der Waals surface area contributed by atoms with E-state index < -0.39 is 17.2 Å². The van der Waals surface area contributed by atoms with Crippen molar-refractivity contribution in [2.24, 2.45) is 4.99 Å². The summed E-state index contributed by atoms with van der Waals surface area (Å²) >= 11 is 0.